The molecule has 0 spiro atoms. The molecule has 0 saturated carbocycles. The predicted octanol–water partition coefficient (Wildman–Crippen LogP) is 0.594. The third kappa shape index (κ3) is 3.20. The molecule has 0 radical (unpaired) electrons. The van der Waals surface area contributed by atoms with Crippen molar-refractivity contribution >= 4 is 11.6 Å². The van der Waals surface area contributed by atoms with Crippen LogP contribution in [0.25, 0.3) is 0 Å². The van der Waals surface area contributed by atoms with Crippen molar-refractivity contribution in [2.45, 2.75) is 20.4 Å². The van der Waals surface area contributed by atoms with Crippen LogP contribution >= 0.6 is 0 Å². The summed E-state index contributed by atoms with van der Waals surface area (Å²) in [6, 6.07) is 0. The van der Waals surface area contributed by atoms with Crippen LogP contribution in [0, 0.1) is 0 Å². The van der Waals surface area contributed by atoms with Crippen LogP contribution in [0.5, 0.6) is 0 Å². The number of nitrogens with zero attached hydrogens (tertiary/aromatic N) is 3. The second-order valence-electron chi connectivity index (χ2n) is 3.69. The van der Waals surface area contributed by atoms with Crippen LogP contribution in [0.1, 0.15) is 24.3 Å². The lowest BCUT2D eigenvalue weighted by atomic mass is 10.3. The Labute approximate surface area is 101 Å². The lowest BCUT2D eigenvalue weighted by molar-refractivity contribution is 0.0699. The Hall–Kier alpha value is -1.56. The van der Waals surface area contributed by atoms with Gasteiger partial charge in [-0.3, -0.25) is 9.48 Å². The van der Waals surface area contributed by atoms with Crippen LogP contribution in [0.3, 0.4) is 0 Å². The fourth-order valence-electron chi connectivity index (χ4n) is 1.50. The molecule has 96 valence electrons. The molecule has 0 saturated heterocycles. The van der Waals surface area contributed by atoms with E-state index in [9.17, 15) is 4.79 Å². The molecule has 0 aliphatic rings. The molecule has 0 unspecified atom stereocenters. The Kier molecular flexibility index (Phi) is 4.96. The Morgan fingerprint density at radius 1 is 1.59 bits per heavy atom. The van der Waals surface area contributed by atoms with E-state index >= 15 is 0 Å². The van der Waals surface area contributed by atoms with Crippen molar-refractivity contribution in [3.8, 4) is 0 Å². The summed E-state index contributed by atoms with van der Waals surface area (Å²) in [7, 11) is 1.73. The summed E-state index contributed by atoms with van der Waals surface area (Å²) in [6.45, 7) is 6.18. The van der Waals surface area contributed by atoms with Crippen molar-refractivity contribution in [3.63, 3.8) is 0 Å². The van der Waals surface area contributed by atoms with Crippen molar-refractivity contribution in [1.82, 2.24) is 14.7 Å². The molecule has 6 nitrogen and oxygen atoms in total. The first kappa shape index (κ1) is 13.5. The van der Waals surface area contributed by atoms with Gasteiger partial charge in [-0.25, -0.2) is 0 Å². The molecule has 1 heterocycles. The highest BCUT2D eigenvalue weighted by Crippen LogP contribution is 2.12. The van der Waals surface area contributed by atoms with E-state index in [1.807, 2.05) is 13.8 Å². The van der Waals surface area contributed by atoms with E-state index in [1.54, 1.807) is 16.6 Å². The Morgan fingerprint density at radius 3 is 2.88 bits per heavy atom. The van der Waals surface area contributed by atoms with Crippen LogP contribution < -0.4 is 5.73 Å². The number of amides is 1. The number of likely N-dealkylation sites (N-methyl/N-ethyl adjacent to an activating group) is 1. The van der Waals surface area contributed by atoms with Gasteiger partial charge in [0.15, 0.2) is 0 Å². The van der Waals surface area contributed by atoms with Crippen molar-refractivity contribution in [2.24, 2.45) is 0 Å². The predicted molar refractivity (Wildman–Crippen MR) is 65.8 cm³/mol. The number of hydrogen-bond acceptors (Lipinski definition) is 4. The second kappa shape index (κ2) is 6.24. The van der Waals surface area contributed by atoms with Gasteiger partial charge in [0.05, 0.1) is 18.5 Å². The van der Waals surface area contributed by atoms with Crippen LogP contribution in [0.2, 0.25) is 0 Å². The monoisotopic (exact) mass is 240 g/mol. The van der Waals surface area contributed by atoms with Crippen LogP contribution in [0.4, 0.5) is 5.69 Å². The van der Waals surface area contributed by atoms with Gasteiger partial charge in [-0.15, -0.1) is 0 Å². The van der Waals surface area contributed by atoms with E-state index in [1.165, 1.54) is 6.20 Å². The fourth-order valence-corrected chi connectivity index (χ4v) is 1.50. The number of aryl methyl sites for hydroxylation is 1. The van der Waals surface area contributed by atoms with E-state index < -0.39 is 0 Å². The zero-order valence-electron chi connectivity index (χ0n) is 10.6. The normalized spacial score (nSPS) is 10.5. The van der Waals surface area contributed by atoms with Crippen molar-refractivity contribution < 1.29 is 9.53 Å². The highest BCUT2D eigenvalue weighted by Gasteiger charge is 2.19. The highest BCUT2D eigenvalue weighted by atomic mass is 16.5. The summed E-state index contributed by atoms with van der Waals surface area (Å²) in [6.07, 6.45) is 1.51. The minimum Gasteiger partial charge on any atom is -0.396 e. The van der Waals surface area contributed by atoms with Gasteiger partial charge in [0.25, 0.3) is 5.91 Å². The summed E-state index contributed by atoms with van der Waals surface area (Å²) in [5.74, 6) is -0.124. The number of aromatic nitrogens is 2. The van der Waals surface area contributed by atoms with E-state index in [4.69, 9.17) is 10.5 Å². The third-order valence-electron chi connectivity index (χ3n) is 2.49. The summed E-state index contributed by atoms with van der Waals surface area (Å²) < 4.78 is 6.82. The molecule has 17 heavy (non-hydrogen) atoms. The highest BCUT2D eigenvalue weighted by molar-refractivity contribution is 5.97. The largest absolute Gasteiger partial charge is 0.396 e. The maximum Gasteiger partial charge on any atom is 0.274 e. The number of carbonyl (C=O) groups excluding carboxylic acids is 1. The Balaban J connectivity index is 2.70. The number of nitrogen functional groups attached to an aromatic ring is 1. The average molecular weight is 240 g/mol. The second-order valence-corrected chi connectivity index (χ2v) is 3.69. The SMILES string of the molecule is CCOCCN(C)C(=O)c1c(N)cnn1CC. The molecule has 0 fully saturated rings. The Morgan fingerprint density at radius 2 is 2.29 bits per heavy atom. The lowest BCUT2D eigenvalue weighted by Crippen LogP contribution is -2.32. The molecule has 2 N–H and O–H groups in total. The van der Waals surface area contributed by atoms with E-state index in [0.717, 1.165) is 0 Å². The summed E-state index contributed by atoms with van der Waals surface area (Å²) >= 11 is 0. The van der Waals surface area contributed by atoms with Gasteiger partial charge in [-0.05, 0) is 13.8 Å². The first-order valence-electron chi connectivity index (χ1n) is 5.76. The quantitative estimate of drug-likeness (QED) is 0.739. The van der Waals surface area contributed by atoms with Crippen molar-refractivity contribution in [3.05, 3.63) is 11.9 Å². The number of anilines is 1. The maximum atomic E-state index is 12.1. The van der Waals surface area contributed by atoms with E-state index in [2.05, 4.69) is 5.10 Å². The number of rotatable bonds is 6. The van der Waals surface area contributed by atoms with Gasteiger partial charge in [0.2, 0.25) is 0 Å². The van der Waals surface area contributed by atoms with Crippen LogP contribution in [-0.4, -0.2) is 47.4 Å². The lowest BCUT2D eigenvalue weighted by Gasteiger charge is -2.17. The molecular weight excluding hydrogens is 220 g/mol. The molecule has 0 aliphatic heterocycles. The average Bonchev–Trinajstić information content (AvgIpc) is 2.69. The van der Waals surface area contributed by atoms with Crippen molar-refractivity contribution in [1.29, 1.82) is 0 Å². The molecule has 0 bridgehead atoms. The van der Waals surface area contributed by atoms with E-state index in [0.29, 0.717) is 37.7 Å². The first-order chi connectivity index (χ1) is 8.11. The number of nitrogens with two attached hydrogens (primary N) is 1. The fraction of sp³-hybridized carbons (Fsp3) is 0.636. The van der Waals surface area contributed by atoms with E-state index in [-0.39, 0.29) is 5.91 Å². The van der Waals surface area contributed by atoms with Crippen LogP contribution in [-0.2, 0) is 11.3 Å². The number of carbonyl (C=O) groups is 1. The standard InChI is InChI=1S/C11H20N4O2/c1-4-15-10(9(12)8-13-15)11(16)14(3)6-7-17-5-2/h8H,4-7,12H2,1-3H3. The van der Waals surface area contributed by atoms with Gasteiger partial charge in [0.1, 0.15) is 5.69 Å². The van der Waals surface area contributed by atoms with Crippen molar-refractivity contribution in [2.75, 3.05) is 32.5 Å². The molecule has 6 heteroatoms. The van der Waals surface area contributed by atoms with Gasteiger partial charge in [0, 0.05) is 26.7 Å². The molecule has 0 aromatic carbocycles. The maximum absolute atomic E-state index is 12.1. The number of hydrogen-bond donors (Lipinski definition) is 1. The molecular formula is C11H20N4O2. The van der Waals surface area contributed by atoms with Crippen LogP contribution in [0.15, 0.2) is 6.20 Å². The van der Waals surface area contributed by atoms with Gasteiger partial charge in [-0.1, -0.05) is 0 Å². The first-order valence-corrected chi connectivity index (χ1v) is 5.76. The number of ether oxygens (including phenoxy) is 1. The Bertz CT molecular complexity index is 376. The minimum absolute atomic E-state index is 0.124. The summed E-state index contributed by atoms with van der Waals surface area (Å²) in [5, 5.41) is 4.05. The minimum atomic E-state index is -0.124. The third-order valence-corrected chi connectivity index (χ3v) is 2.49. The summed E-state index contributed by atoms with van der Waals surface area (Å²) in [4.78, 5) is 13.7. The molecule has 1 aromatic rings. The van der Waals surface area contributed by atoms with Gasteiger partial charge < -0.3 is 15.4 Å². The molecule has 1 aromatic heterocycles. The topological polar surface area (TPSA) is 73.4 Å². The molecule has 0 aliphatic carbocycles. The summed E-state index contributed by atoms with van der Waals surface area (Å²) in [5.41, 5.74) is 6.62. The van der Waals surface area contributed by atoms with Gasteiger partial charge in [-0.2, -0.15) is 5.10 Å². The molecule has 0 atom stereocenters. The molecule has 1 amide bonds. The smallest absolute Gasteiger partial charge is 0.274 e. The molecule has 1 rings (SSSR count). The van der Waals surface area contributed by atoms with Gasteiger partial charge >= 0.3 is 0 Å². The zero-order chi connectivity index (χ0) is 12.8. The zero-order valence-corrected chi connectivity index (χ0v) is 10.6.